The summed E-state index contributed by atoms with van der Waals surface area (Å²) in [5.41, 5.74) is 0.901. The van der Waals surface area contributed by atoms with Crippen molar-refractivity contribution in [2.24, 2.45) is 0 Å². The molecule has 4 nitrogen and oxygen atoms in total. The molecule has 0 bridgehead atoms. The van der Waals surface area contributed by atoms with Crippen molar-refractivity contribution in [3.63, 3.8) is 0 Å². The van der Waals surface area contributed by atoms with Crippen LogP contribution >= 0.6 is 0 Å². The summed E-state index contributed by atoms with van der Waals surface area (Å²) in [5.74, 6) is 2.71. The van der Waals surface area contributed by atoms with Crippen molar-refractivity contribution in [2.45, 2.75) is 33.4 Å². The van der Waals surface area contributed by atoms with E-state index in [0.717, 1.165) is 23.0 Å². The maximum atomic E-state index is 5.53. The predicted octanol–water partition coefficient (Wildman–Crippen LogP) is 2.74. The van der Waals surface area contributed by atoms with Crippen LogP contribution in [0.2, 0.25) is 0 Å². The molecule has 2 aromatic heterocycles. The highest BCUT2D eigenvalue weighted by molar-refractivity contribution is 5.09. The Balaban J connectivity index is 1.91. The van der Waals surface area contributed by atoms with Gasteiger partial charge in [-0.05, 0) is 32.9 Å². The molecule has 0 aliphatic heterocycles. The SMILES string of the molecule is Cc1cc(CNC(C)c2ccc(C)o2)on1. The molecule has 0 radical (unpaired) electrons. The Morgan fingerprint density at radius 3 is 2.75 bits per heavy atom. The molecule has 0 aromatic carbocycles. The standard InChI is InChI=1S/C12H16N2O2/c1-8-6-11(16-14-8)7-13-10(3)12-5-4-9(2)15-12/h4-6,10,13H,7H2,1-3H3. The molecule has 0 aliphatic rings. The van der Waals surface area contributed by atoms with Gasteiger partial charge in [0.2, 0.25) is 0 Å². The molecule has 0 amide bonds. The van der Waals surface area contributed by atoms with Gasteiger partial charge in [-0.15, -0.1) is 0 Å². The Hall–Kier alpha value is -1.55. The average molecular weight is 220 g/mol. The summed E-state index contributed by atoms with van der Waals surface area (Å²) in [6.07, 6.45) is 0. The normalized spacial score (nSPS) is 12.9. The van der Waals surface area contributed by atoms with Crippen LogP contribution in [0, 0.1) is 13.8 Å². The first-order valence-electron chi connectivity index (χ1n) is 5.37. The molecule has 0 aliphatic carbocycles. The number of nitrogens with one attached hydrogen (secondary N) is 1. The van der Waals surface area contributed by atoms with E-state index in [4.69, 9.17) is 8.94 Å². The summed E-state index contributed by atoms with van der Waals surface area (Å²) in [7, 11) is 0. The van der Waals surface area contributed by atoms with Crippen molar-refractivity contribution < 1.29 is 8.94 Å². The molecule has 86 valence electrons. The van der Waals surface area contributed by atoms with Gasteiger partial charge in [0.25, 0.3) is 0 Å². The summed E-state index contributed by atoms with van der Waals surface area (Å²) < 4.78 is 10.6. The summed E-state index contributed by atoms with van der Waals surface area (Å²) in [6.45, 7) is 6.56. The Labute approximate surface area is 94.6 Å². The third kappa shape index (κ3) is 2.52. The lowest BCUT2D eigenvalue weighted by molar-refractivity contribution is 0.351. The highest BCUT2D eigenvalue weighted by Crippen LogP contribution is 2.16. The van der Waals surface area contributed by atoms with Crippen LogP contribution in [0.4, 0.5) is 0 Å². The fourth-order valence-electron chi connectivity index (χ4n) is 1.54. The molecule has 16 heavy (non-hydrogen) atoms. The van der Waals surface area contributed by atoms with Gasteiger partial charge < -0.3 is 14.3 Å². The van der Waals surface area contributed by atoms with Crippen LogP contribution in [0.5, 0.6) is 0 Å². The van der Waals surface area contributed by atoms with Crippen molar-refractivity contribution in [2.75, 3.05) is 0 Å². The minimum atomic E-state index is 0.166. The van der Waals surface area contributed by atoms with Crippen LogP contribution < -0.4 is 5.32 Å². The monoisotopic (exact) mass is 220 g/mol. The number of hydrogen-bond donors (Lipinski definition) is 1. The Kier molecular flexibility index (Phi) is 3.10. The highest BCUT2D eigenvalue weighted by Gasteiger charge is 2.09. The van der Waals surface area contributed by atoms with Gasteiger partial charge in [0, 0.05) is 6.07 Å². The fraction of sp³-hybridized carbons (Fsp3) is 0.417. The third-order valence-corrected chi connectivity index (χ3v) is 2.45. The molecular formula is C12H16N2O2. The smallest absolute Gasteiger partial charge is 0.150 e. The number of nitrogens with zero attached hydrogens (tertiary/aromatic N) is 1. The first-order chi connectivity index (χ1) is 7.65. The van der Waals surface area contributed by atoms with E-state index in [2.05, 4.69) is 17.4 Å². The van der Waals surface area contributed by atoms with Gasteiger partial charge in [-0.25, -0.2) is 0 Å². The topological polar surface area (TPSA) is 51.2 Å². The molecular weight excluding hydrogens is 204 g/mol. The minimum absolute atomic E-state index is 0.166. The van der Waals surface area contributed by atoms with E-state index in [0.29, 0.717) is 6.54 Å². The summed E-state index contributed by atoms with van der Waals surface area (Å²) in [4.78, 5) is 0. The lowest BCUT2D eigenvalue weighted by Crippen LogP contribution is -2.17. The number of aromatic nitrogens is 1. The number of hydrogen-bond acceptors (Lipinski definition) is 4. The second-order valence-electron chi connectivity index (χ2n) is 3.99. The average Bonchev–Trinajstić information content (AvgIpc) is 2.84. The number of aryl methyl sites for hydroxylation is 2. The van der Waals surface area contributed by atoms with Crippen LogP contribution in [0.3, 0.4) is 0 Å². The van der Waals surface area contributed by atoms with Crippen LogP contribution in [-0.4, -0.2) is 5.16 Å². The molecule has 2 aromatic rings. The van der Waals surface area contributed by atoms with Gasteiger partial charge in [-0.2, -0.15) is 0 Å². The predicted molar refractivity (Wildman–Crippen MR) is 59.9 cm³/mol. The quantitative estimate of drug-likeness (QED) is 0.860. The zero-order valence-electron chi connectivity index (χ0n) is 9.78. The van der Waals surface area contributed by atoms with E-state index in [1.54, 1.807) is 0 Å². The zero-order valence-corrected chi connectivity index (χ0v) is 9.78. The van der Waals surface area contributed by atoms with Crippen molar-refractivity contribution >= 4 is 0 Å². The molecule has 2 rings (SSSR count). The largest absolute Gasteiger partial charge is 0.465 e. The van der Waals surface area contributed by atoms with Gasteiger partial charge >= 0.3 is 0 Å². The molecule has 0 fully saturated rings. The van der Waals surface area contributed by atoms with Crippen LogP contribution in [0.25, 0.3) is 0 Å². The van der Waals surface area contributed by atoms with Crippen LogP contribution in [0.1, 0.15) is 35.9 Å². The van der Waals surface area contributed by atoms with Crippen molar-refractivity contribution in [1.82, 2.24) is 10.5 Å². The first-order valence-corrected chi connectivity index (χ1v) is 5.37. The van der Waals surface area contributed by atoms with Crippen molar-refractivity contribution in [3.05, 3.63) is 41.2 Å². The van der Waals surface area contributed by atoms with Gasteiger partial charge in [0.05, 0.1) is 18.3 Å². The molecule has 1 unspecified atom stereocenters. The molecule has 1 atom stereocenters. The summed E-state index contributed by atoms with van der Waals surface area (Å²) >= 11 is 0. The Morgan fingerprint density at radius 2 is 2.19 bits per heavy atom. The highest BCUT2D eigenvalue weighted by atomic mass is 16.5. The Bertz CT molecular complexity index is 459. The molecule has 1 N–H and O–H groups in total. The van der Waals surface area contributed by atoms with E-state index < -0.39 is 0 Å². The lowest BCUT2D eigenvalue weighted by Gasteiger charge is -2.09. The van der Waals surface area contributed by atoms with E-state index in [1.165, 1.54) is 0 Å². The summed E-state index contributed by atoms with van der Waals surface area (Å²) in [5, 5.41) is 7.15. The van der Waals surface area contributed by atoms with E-state index in [1.807, 2.05) is 32.0 Å². The van der Waals surface area contributed by atoms with Crippen LogP contribution in [-0.2, 0) is 6.54 Å². The van der Waals surface area contributed by atoms with Gasteiger partial charge in [-0.1, -0.05) is 5.16 Å². The second-order valence-corrected chi connectivity index (χ2v) is 3.99. The van der Waals surface area contributed by atoms with E-state index in [-0.39, 0.29) is 6.04 Å². The second kappa shape index (κ2) is 4.53. The Morgan fingerprint density at radius 1 is 1.38 bits per heavy atom. The van der Waals surface area contributed by atoms with Gasteiger partial charge in [0.1, 0.15) is 11.5 Å². The third-order valence-electron chi connectivity index (χ3n) is 2.45. The van der Waals surface area contributed by atoms with Crippen LogP contribution in [0.15, 0.2) is 27.1 Å². The molecule has 0 saturated carbocycles. The molecule has 4 heteroatoms. The maximum absolute atomic E-state index is 5.53. The molecule has 2 heterocycles. The lowest BCUT2D eigenvalue weighted by atomic mass is 10.2. The summed E-state index contributed by atoms with van der Waals surface area (Å²) in [6, 6.07) is 6.04. The zero-order chi connectivity index (χ0) is 11.5. The molecule has 0 saturated heterocycles. The van der Waals surface area contributed by atoms with Crippen molar-refractivity contribution in [3.8, 4) is 0 Å². The van der Waals surface area contributed by atoms with Gasteiger partial charge in [0.15, 0.2) is 5.76 Å². The fourth-order valence-corrected chi connectivity index (χ4v) is 1.54. The van der Waals surface area contributed by atoms with Crippen molar-refractivity contribution in [1.29, 1.82) is 0 Å². The maximum Gasteiger partial charge on any atom is 0.150 e. The minimum Gasteiger partial charge on any atom is -0.465 e. The number of rotatable bonds is 4. The van der Waals surface area contributed by atoms with E-state index in [9.17, 15) is 0 Å². The van der Waals surface area contributed by atoms with Gasteiger partial charge in [-0.3, -0.25) is 0 Å². The first kappa shape index (κ1) is 11.0. The number of furan rings is 1. The van der Waals surface area contributed by atoms with E-state index >= 15 is 0 Å². The molecule has 0 spiro atoms.